The van der Waals surface area contributed by atoms with Crippen LogP contribution in [0.2, 0.25) is 0 Å². The maximum atomic E-state index is 6.07. The van der Waals surface area contributed by atoms with Crippen LogP contribution in [0.25, 0.3) is 10.9 Å². The molecule has 0 aliphatic rings. The fourth-order valence-corrected chi connectivity index (χ4v) is 3.73. The predicted molar refractivity (Wildman–Crippen MR) is 127 cm³/mol. The van der Waals surface area contributed by atoms with Gasteiger partial charge in [0.25, 0.3) is 0 Å². The monoisotopic (exact) mass is 418 g/mol. The molecule has 1 aromatic heterocycles. The summed E-state index contributed by atoms with van der Waals surface area (Å²) in [5, 5.41) is 5.97. The van der Waals surface area contributed by atoms with E-state index in [2.05, 4.69) is 67.6 Å². The Bertz CT molecular complexity index is 1040. The second-order valence-electron chi connectivity index (χ2n) is 8.22. The Morgan fingerprint density at radius 1 is 1.03 bits per heavy atom. The van der Waals surface area contributed by atoms with E-state index in [0.717, 1.165) is 40.9 Å². The second kappa shape index (κ2) is 11.0. The smallest absolute Gasteiger partial charge is 0.119 e. The molecule has 0 amide bonds. The van der Waals surface area contributed by atoms with Crippen LogP contribution < -0.4 is 4.74 Å². The summed E-state index contributed by atoms with van der Waals surface area (Å²) in [5.41, 5.74) is 4.52. The molecule has 3 aromatic rings. The summed E-state index contributed by atoms with van der Waals surface area (Å²) in [7, 11) is 0. The molecular weight excluding hydrogens is 384 g/mol. The first-order valence-electron chi connectivity index (χ1n) is 11.3. The van der Waals surface area contributed by atoms with Crippen LogP contribution in [-0.4, -0.2) is 16.4 Å². The minimum atomic E-state index is 0.286. The standard InChI is InChI=1S/C27H34N2O2/c1-6-9-22(7-2)23-11-13-24(14-12-23)31-18-21-10-15-25-26(19-30-8-3)28-29(17-20(4)5)27(25)16-21/h10-16,20,22H,7-8,17-19H2,1-5H3/t22-/m1/s1. The van der Waals surface area contributed by atoms with Gasteiger partial charge in [-0.25, -0.2) is 0 Å². The molecule has 31 heavy (non-hydrogen) atoms. The van der Waals surface area contributed by atoms with Crippen molar-refractivity contribution in [3.63, 3.8) is 0 Å². The van der Waals surface area contributed by atoms with Crippen molar-refractivity contribution in [1.29, 1.82) is 0 Å². The van der Waals surface area contributed by atoms with Gasteiger partial charge in [0, 0.05) is 24.5 Å². The normalized spacial score (nSPS) is 12.1. The Morgan fingerprint density at radius 2 is 1.81 bits per heavy atom. The van der Waals surface area contributed by atoms with Crippen molar-refractivity contribution in [3.8, 4) is 17.6 Å². The van der Waals surface area contributed by atoms with Crippen molar-refractivity contribution in [2.45, 2.75) is 66.7 Å². The molecule has 0 aliphatic carbocycles. The summed E-state index contributed by atoms with van der Waals surface area (Å²) in [4.78, 5) is 0. The van der Waals surface area contributed by atoms with Crippen LogP contribution in [0.15, 0.2) is 42.5 Å². The summed E-state index contributed by atoms with van der Waals surface area (Å²) < 4.78 is 13.8. The van der Waals surface area contributed by atoms with Gasteiger partial charge < -0.3 is 9.47 Å². The summed E-state index contributed by atoms with van der Waals surface area (Å²) >= 11 is 0. The molecule has 0 saturated carbocycles. The number of aromatic nitrogens is 2. The van der Waals surface area contributed by atoms with E-state index >= 15 is 0 Å². The van der Waals surface area contributed by atoms with Gasteiger partial charge in [0.15, 0.2) is 0 Å². The number of ether oxygens (including phenoxy) is 2. The fraction of sp³-hybridized carbons (Fsp3) is 0.444. The van der Waals surface area contributed by atoms with Gasteiger partial charge >= 0.3 is 0 Å². The van der Waals surface area contributed by atoms with Crippen LogP contribution in [0.3, 0.4) is 0 Å². The third kappa shape index (κ3) is 5.89. The number of benzene rings is 2. The van der Waals surface area contributed by atoms with Crippen molar-refractivity contribution in [2.24, 2.45) is 5.92 Å². The molecule has 1 heterocycles. The van der Waals surface area contributed by atoms with Gasteiger partial charge in [-0.2, -0.15) is 5.10 Å². The Balaban J connectivity index is 1.76. The Hall–Kier alpha value is -2.77. The number of fused-ring (bicyclic) bond motifs is 1. The lowest BCUT2D eigenvalue weighted by atomic mass is 9.97. The van der Waals surface area contributed by atoms with Gasteiger partial charge in [-0.1, -0.05) is 51.0 Å². The highest BCUT2D eigenvalue weighted by molar-refractivity contribution is 5.82. The molecule has 1 atom stereocenters. The van der Waals surface area contributed by atoms with Crippen LogP contribution in [0.5, 0.6) is 5.75 Å². The summed E-state index contributed by atoms with van der Waals surface area (Å²) in [6.07, 6.45) is 1.01. The highest BCUT2D eigenvalue weighted by atomic mass is 16.5. The van der Waals surface area contributed by atoms with E-state index in [1.165, 1.54) is 5.56 Å². The molecule has 2 aromatic carbocycles. The highest BCUT2D eigenvalue weighted by Gasteiger charge is 2.13. The Kier molecular flexibility index (Phi) is 8.14. The molecular formula is C27H34N2O2. The van der Waals surface area contributed by atoms with Gasteiger partial charge in [-0.05, 0) is 55.5 Å². The SMILES string of the molecule is CC#C[C@@H](CC)c1ccc(OCc2ccc3c(COCC)nn(CC(C)C)c3c2)cc1. The largest absolute Gasteiger partial charge is 0.489 e. The van der Waals surface area contributed by atoms with E-state index in [-0.39, 0.29) is 5.92 Å². The minimum absolute atomic E-state index is 0.286. The minimum Gasteiger partial charge on any atom is -0.489 e. The van der Waals surface area contributed by atoms with Gasteiger partial charge in [-0.3, -0.25) is 4.68 Å². The zero-order valence-electron chi connectivity index (χ0n) is 19.4. The van der Waals surface area contributed by atoms with E-state index < -0.39 is 0 Å². The Morgan fingerprint density at radius 3 is 2.45 bits per heavy atom. The molecule has 0 bridgehead atoms. The number of rotatable bonds is 10. The third-order valence-corrected chi connectivity index (χ3v) is 5.29. The van der Waals surface area contributed by atoms with Crippen molar-refractivity contribution >= 4 is 10.9 Å². The first-order chi connectivity index (χ1) is 15.0. The molecule has 0 spiro atoms. The second-order valence-corrected chi connectivity index (χ2v) is 8.22. The first-order valence-corrected chi connectivity index (χ1v) is 11.3. The van der Waals surface area contributed by atoms with E-state index in [9.17, 15) is 0 Å². The third-order valence-electron chi connectivity index (χ3n) is 5.29. The van der Waals surface area contributed by atoms with E-state index in [0.29, 0.717) is 25.7 Å². The van der Waals surface area contributed by atoms with Crippen molar-refractivity contribution in [1.82, 2.24) is 9.78 Å². The molecule has 0 radical (unpaired) electrons. The van der Waals surface area contributed by atoms with Crippen LogP contribution >= 0.6 is 0 Å². The van der Waals surface area contributed by atoms with Gasteiger partial charge in [0.1, 0.15) is 12.4 Å². The molecule has 3 rings (SSSR count). The lowest BCUT2D eigenvalue weighted by molar-refractivity contribution is 0.131. The van der Waals surface area contributed by atoms with Gasteiger partial charge in [0.05, 0.1) is 17.8 Å². The van der Waals surface area contributed by atoms with Crippen molar-refractivity contribution in [3.05, 3.63) is 59.3 Å². The molecule has 0 N–H and O–H groups in total. The van der Waals surface area contributed by atoms with Crippen LogP contribution in [0.4, 0.5) is 0 Å². The first kappa shape index (κ1) is 22.9. The van der Waals surface area contributed by atoms with Gasteiger partial charge in [0.2, 0.25) is 0 Å². The summed E-state index contributed by atoms with van der Waals surface area (Å²) in [6.45, 7) is 13.1. The maximum absolute atomic E-state index is 6.07. The van der Waals surface area contributed by atoms with E-state index in [1.807, 2.05) is 26.0 Å². The average molecular weight is 419 g/mol. The topological polar surface area (TPSA) is 36.3 Å². The summed E-state index contributed by atoms with van der Waals surface area (Å²) in [6, 6.07) is 14.8. The highest BCUT2D eigenvalue weighted by Crippen LogP contribution is 2.25. The molecule has 4 heteroatoms. The molecule has 0 aliphatic heterocycles. The number of hydrogen-bond acceptors (Lipinski definition) is 3. The van der Waals surface area contributed by atoms with E-state index in [4.69, 9.17) is 14.6 Å². The maximum Gasteiger partial charge on any atom is 0.119 e. The van der Waals surface area contributed by atoms with Crippen LogP contribution in [-0.2, 0) is 24.5 Å². The fourth-order valence-electron chi connectivity index (χ4n) is 3.73. The molecule has 4 nitrogen and oxygen atoms in total. The number of nitrogens with zero attached hydrogens (tertiary/aromatic N) is 2. The molecule has 0 saturated heterocycles. The lowest BCUT2D eigenvalue weighted by Gasteiger charge is -2.11. The van der Waals surface area contributed by atoms with Crippen LogP contribution in [0, 0.1) is 17.8 Å². The predicted octanol–water partition coefficient (Wildman–Crippen LogP) is 6.32. The average Bonchev–Trinajstić information content (AvgIpc) is 3.11. The molecule has 0 fully saturated rings. The lowest BCUT2D eigenvalue weighted by Crippen LogP contribution is -2.07. The zero-order chi connectivity index (χ0) is 22.2. The van der Waals surface area contributed by atoms with Crippen LogP contribution in [0.1, 0.15) is 63.8 Å². The quantitative estimate of drug-likeness (QED) is 0.361. The van der Waals surface area contributed by atoms with Crippen molar-refractivity contribution < 1.29 is 9.47 Å². The van der Waals surface area contributed by atoms with Crippen molar-refractivity contribution in [2.75, 3.05) is 6.61 Å². The molecule has 164 valence electrons. The Labute approximate surface area is 186 Å². The van der Waals surface area contributed by atoms with E-state index in [1.54, 1.807) is 0 Å². The zero-order valence-corrected chi connectivity index (χ0v) is 19.4. The molecule has 0 unspecified atom stereocenters. The number of hydrogen-bond donors (Lipinski definition) is 0. The van der Waals surface area contributed by atoms with Gasteiger partial charge in [-0.15, -0.1) is 5.92 Å². The summed E-state index contributed by atoms with van der Waals surface area (Å²) in [5.74, 6) is 7.97.